The average Bonchev–Trinajstić information content (AvgIpc) is 3.33. The number of nitrogens with one attached hydrogen (secondary N) is 1. The molecule has 1 amide bonds. The van der Waals surface area contributed by atoms with Crippen molar-refractivity contribution in [2.75, 3.05) is 13.2 Å². The second kappa shape index (κ2) is 57.2. The van der Waals surface area contributed by atoms with Gasteiger partial charge in [-0.3, -0.25) is 9.59 Å². The SMILES string of the molecule is CCCCCC/C=C\CCCCCCCC(=O)OCCCCCCCCCCCCCCCCCCCCCCCCCCC(=O)NC(CO)C(O)CCCCCCCCCCCCCCC. The first-order valence-electron chi connectivity index (χ1n) is 30.4. The number of rotatable bonds is 57. The van der Waals surface area contributed by atoms with Crippen molar-refractivity contribution in [3.8, 4) is 0 Å². The molecule has 0 heterocycles. The Balaban J connectivity index is 3.35. The second-order valence-electron chi connectivity index (χ2n) is 21.0. The first kappa shape index (κ1) is 65.6. The number of aliphatic hydroxyl groups is 2. The van der Waals surface area contributed by atoms with Crippen LogP contribution >= 0.6 is 0 Å². The Labute approximate surface area is 419 Å². The van der Waals surface area contributed by atoms with Gasteiger partial charge in [0.05, 0.1) is 25.4 Å². The third-order valence-electron chi connectivity index (χ3n) is 14.3. The number of carbonyl (C=O) groups is 2. The Morgan fingerprint density at radius 3 is 1.07 bits per heavy atom. The van der Waals surface area contributed by atoms with Gasteiger partial charge in [0, 0.05) is 12.8 Å². The lowest BCUT2D eigenvalue weighted by Gasteiger charge is -2.22. The van der Waals surface area contributed by atoms with Gasteiger partial charge in [-0.25, -0.2) is 0 Å². The summed E-state index contributed by atoms with van der Waals surface area (Å²) in [7, 11) is 0. The number of hydrogen-bond acceptors (Lipinski definition) is 5. The van der Waals surface area contributed by atoms with Crippen LogP contribution in [0.1, 0.15) is 341 Å². The van der Waals surface area contributed by atoms with Crippen LogP contribution in [0.4, 0.5) is 0 Å². The topological polar surface area (TPSA) is 95.9 Å². The molecular formula is C61H119NO5. The fourth-order valence-corrected chi connectivity index (χ4v) is 9.64. The highest BCUT2D eigenvalue weighted by Gasteiger charge is 2.20. The van der Waals surface area contributed by atoms with Gasteiger partial charge >= 0.3 is 5.97 Å². The molecule has 0 aliphatic carbocycles. The molecule has 0 aromatic rings. The normalized spacial score (nSPS) is 12.6. The van der Waals surface area contributed by atoms with Gasteiger partial charge in [-0.15, -0.1) is 0 Å². The minimum Gasteiger partial charge on any atom is -0.466 e. The van der Waals surface area contributed by atoms with Crippen LogP contribution in [0.25, 0.3) is 0 Å². The molecule has 0 bridgehead atoms. The monoisotopic (exact) mass is 946 g/mol. The molecule has 0 radical (unpaired) electrons. The highest BCUT2D eigenvalue weighted by atomic mass is 16.5. The highest BCUT2D eigenvalue weighted by molar-refractivity contribution is 5.76. The van der Waals surface area contributed by atoms with Crippen LogP contribution in [0.3, 0.4) is 0 Å². The molecule has 0 aromatic carbocycles. The van der Waals surface area contributed by atoms with E-state index in [0.717, 1.165) is 44.9 Å². The zero-order chi connectivity index (χ0) is 48.6. The van der Waals surface area contributed by atoms with Crippen molar-refractivity contribution >= 4 is 11.9 Å². The van der Waals surface area contributed by atoms with E-state index in [2.05, 4.69) is 31.3 Å². The first-order valence-corrected chi connectivity index (χ1v) is 30.4. The molecule has 2 atom stereocenters. The maximum absolute atomic E-state index is 12.5. The fraction of sp³-hybridized carbons (Fsp3) is 0.934. The summed E-state index contributed by atoms with van der Waals surface area (Å²) in [4.78, 5) is 24.5. The molecule has 3 N–H and O–H groups in total. The van der Waals surface area contributed by atoms with E-state index < -0.39 is 12.1 Å². The summed E-state index contributed by atoms with van der Waals surface area (Å²) >= 11 is 0. The summed E-state index contributed by atoms with van der Waals surface area (Å²) < 4.78 is 5.47. The average molecular weight is 947 g/mol. The quantitative estimate of drug-likeness (QED) is 0.0321. The molecule has 2 unspecified atom stereocenters. The van der Waals surface area contributed by atoms with Crippen LogP contribution in [-0.2, 0) is 14.3 Å². The van der Waals surface area contributed by atoms with Gasteiger partial charge in [0.15, 0.2) is 0 Å². The van der Waals surface area contributed by atoms with Crippen LogP contribution < -0.4 is 5.32 Å². The van der Waals surface area contributed by atoms with E-state index >= 15 is 0 Å². The van der Waals surface area contributed by atoms with Gasteiger partial charge in [0.25, 0.3) is 0 Å². The van der Waals surface area contributed by atoms with E-state index in [-0.39, 0.29) is 18.5 Å². The summed E-state index contributed by atoms with van der Waals surface area (Å²) in [5, 5.41) is 23.2. The number of hydrogen-bond donors (Lipinski definition) is 3. The summed E-state index contributed by atoms with van der Waals surface area (Å²) in [6, 6.07) is -0.539. The Hall–Kier alpha value is -1.40. The number of ether oxygens (including phenoxy) is 1. The smallest absolute Gasteiger partial charge is 0.305 e. The van der Waals surface area contributed by atoms with Crippen molar-refractivity contribution in [2.45, 2.75) is 353 Å². The molecule has 0 aliphatic heterocycles. The maximum Gasteiger partial charge on any atom is 0.305 e. The van der Waals surface area contributed by atoms with Crippen molar-refractivity contribution in [1.82, 2.24) is 5.32 Å². The van der Waals surface area contributed by atoms with Gasteiger partial charge in [0.2, 0.25) is 5.91 Å². The lowest BCUT2D eigenvalue weighted by atomic mass is 10.0. The third-order valence-corrected chi connectivity index (χ3v) is 14.3. The molecule has 0 aromatic heterocycles. The lowest BCUT2D eigenvalue weighted by Crippen LogP contribution is -2.45. The molecule has 398 valence electrons. The summed E-state index contributed by atoms with van der Waals surface area (Å²) in [5.74, 6) is -0.0257. The Bertz CT molecular complexity index is 1000. The number of amides is 1. The van der Waals surface area contributed by atoms with Crippen LogP contribution in [-0.4, -0.2) is 47.4 Å². The standard InChI is InChI=1S/C61H119NO5/c1-3-5-7-9-11-13-15-29-33-37-41-45-49-53-59(64)58(57-63)62-60(65)54-50-46-42-38-34-31-27-25-23-21-19-17-18-20-22-24-26-28-32-36-40-44-48-52-56-67-61(66)55-51-47-43-39-35-30-16-14-12-10-8-6-4-2/h14,16,58-59,63-64H,3-13,15,17-57H2,1-2H3,(H,62,65)/b16-14-. The Morgan fingerprint density at radius 2 is 0.701 bits per heavy atom. The number of esters is 1. The Kier molecular flexibility index (Phi) is 56.0. The molecule has 0 saturated heterocycles. The Morgan fingerprint density at radius 1 is 0.403 bits per heavy atom. The third kappa shape index (κ3) is 53.8. The largest absolute Gasteiger partial charge is 0.466 e. The van der Waals surface area contributed by atoms with Crippen LogP contribution in [0, 0.1) is 0 Å². The number of aliphatic hydroxyl groups excluding tert-OH is 2. The fourth-order valence-electron chi connectivity index (χ4n) is 9.64. The zero-order valence-electron chi connectivity index (χ0n) is 45.4. The van der Waals surface area contributed by atoms with Crippen molar-refractivity contribution in [3.63, 3.8) is 0 Å². The van der Waals surface area contributed by atoms with Crippen molar-refractivity contribution in [2.24, 2.45) is 0 Å². The highest BCUT2D eigenvalue weighted by Crippen LogP contribution is 2.18. The summed E-state index contributed by atoms with van der Waals surface area (Å²) in [5.41, 5.74) is 0. The van der Waals surface area contributed by atoms with Gasteiger partial charge < -0.3 is 20.3 Å². The van der Waals surface area contributed by atoms with Crippen LogP contribution in [0.2, 0.25) is 0 Å². The van der Waals surface area contributed by atoms with Gasteiger partial charge in [-0.05, 0) is 51.4 Å². The van der Waals surface area contributed by atoms with E-state index in [4.69, 9.17) is 4.74 Å². The molecule has 0 aliphatic rings. The van der Waals surface area contributed by atoms with Crippen LogP contribution in [0.15, 0.2) is 12.2 Å². The molecular weight excluding hydrogens is 827 g/mol. The van der Waals surface area contributed by atoms with Crippen molar-refractivity contribution in [3.05, 3.63) is 12.2 Å². The first-order chi connectivity index (χ1) is 33.0. The van der Waals surface area contributed by atoms with E-state index in [9.17, 15) is 19.8 Å². The second-order valence-corrected chi connectivity index (χ2v) is 21.0. The number of allylic oxidation sites excluding steroid dienone is 2. The van der Waals surface area contributed by atoms with Crippen LogP contribution in [0.5, 0.6) is 0 Å². The minimum absolute atomic E-state index is 0.00666. The number of unbranched alkanes of at least 4 members (excludes halogenated alkanes) is 44. The lowest BCUT2D eigenvalue weighted by molar-refractivity contribution is -0.143. The van der Waals surface area contributed by atoms with Gasteiger partial charge in [0.1, 0.15) is 0 Å². The van der Waals surface area contributed by atoms with E-state index in [1.54, 1.807) is 0 Å². The van der Waals surface area contributed by atoms with Crippen molar-refractivity contribution < 1.29 is 24.5 Å². The molecule has 0 saturated carbocycles. The summed E-state index contributed by atoms with van der Waals surface area (Å²) in [6.07, 6.45) is 67.9. The predicted molar refractivity (Wildman–Crippen MR) is 292 cm³/mol. The zero-order valence-corrected chi connectivity index (χ0v) is 45.4. The molecule has 0 rings (SSSR count). The van der Waals surface area contributed by atoms with E-state index in [1.807, 2.05) is 0 Å². The number of carbonyl (C=O) groups excluding carboxylic acids is 2. The van der Waals surface area contributed by atoms with E-state index in [1.165, 1.54) is 263 Å². The molecule has 6 heteroatoms. The van der Waals surface area contributed by atoms with E-state index in [0.29, 0.717) is 25.9 Å². The molecule has 67 heavy (non-hydrogen) atoms. The predicted octanol–water partition coefficient (Wildman–Crippen LogP) is 18.9. The molecule has 6 nitrogen and oxygen atoms in total. The van der Waals surface area contributed by atoms with Gasteiger partial charge in [-0.2, -0.15) is 0 Å². The van der Waals surface area contributed by atoms with Gasteiger partial charge in [-0.1, -0.05) is 289 Å². The molecule has 0 spiro atoms. The maximum atomic E-state index is 12.5. The minimum atomic E-state index is -0.662. The molecule has 0 fully saturated rings. The summed E-state index contributed by atoms with van der Waals surface area (Å²) in [6.45, 7) is 4.95. The van der Waals surface area contributed by atoms with Crippen molar-refractivity contribution in [1.29, 1.82) is 0 Å².